The van der Waals surface area contributed by atoms with E-state index in [-0.39, 0.29) is 31.5 Å². The van der Waals surface area contributed by atoms with Crippen LogP contribution in [0, 0.1) is 5.92 Å². The van der Waals surface area contributed by atoms with Crippen molar-refractivity contribution in [2.24, 2.45) is 11.7 Å². The van der Waals surface area contributed by atoms with Crippen LogP contribution in [0.4, 0.5) is 0 Å². The van der Waals surface area contributed by atoms with Crippen molar-refractivity contribution in [2.45, 2.75) is 32.1 Å². The summed E-state index contributed by atoms with van der Waals surface area (Å²) in [7, 11) is 0. The number of rotatable bonds is 10. The molecule has 0 bridgehead atoms. The molecule has 0 aromatic heterocycles. The first-order valence-electron chi connectivity index (χ1n) is 8.58. The average molecular weight is 353 g/mol. The number of aliphatic carboxylic acids is 1. The molecule has 0 aliphatic rings. The van der Waals surface area contributed by atoms with Gasteiger partial charge in [-0.1, -0.05) is 54.6 Å². The third-order valence-electron chi connectivity index (χ3n) is 4.21. The number of carboxylic acid groups (broad SMARTS) is 1. The molecule has 2 rings (SSSR count). The van der Waals surface area contributed by atoms with Gasteiger partial charge in [-0.2, -0.15) is 0 Å². The van der Waals surface area contributed by atoms with E-state index in [2.05, 4.69) is 0 Å². The summed E-state index contributed by atoms with van der Waals surface area (Å²) in [6.07, 6.45) is 0.926. The molecule has 5 nitrogen and oxygen atoms in total. The van der Waals surface area contributed by atoms with Crippen molar-refractivity contribution in [3.05, 3.63) is 71.3 Å². The van der Waals surface area contributed by atoms with Crippen LogP contribution in [0.1, 0.15) is 36.0 Å². The van der Waals surface area contributed by atoms with E-state index in [9.17, 15) is 19.5 Å². The van der Waals surface area contributed by atoms with Crippen molar-refractivity contribution in [3.63, 3.8) is 0 Å². The van der Waals surface area contributed by atoms with Gasteiger partial charge in [0.15, 0.2) is 0 Å². The molecule has 0 radical (unpaired) electrons. The zero-order valence-corrected chi connectivity index (χ0v) is 14.6. The second-order valence-corrected chi connectivity index (χ2v) is 6.44. The number of nitrogens with two attached hydrogens (primary N) is 1. The lowest BCUT2D eigenvalue weighted by molar-refractivity contribution is -0.144. The van der Waals surface area contributed by atoms with Gasteiger partial charge in [-0.15, -0.1) is 0 Å². The highest BCUT2D eigenvalue weighted by molar-refractivity contribution is 5.85. The SMILES string of the molecule is NC(=O)CC[C@H](CC(=O)Cc1cccc(Cc2ccccc2)c1)C(=O)O. The molecule has 0 aliphatic heterocycles. The molecule has 0 aliphatic carbocycles. The molecular weight excluding hydrogens is 330 g/mol. The summed E-state index contributed by atoms with van der Waals surface area (Å²) in [5, 5.41) is 9.21. The third-order valence-corrected chi connectivity index (χ3v) is 4.21. The molecule has 136 valence electrons. The van der Waals surface area contributed by atoms with Crippen LogP contribution in [-0.4, -0.2) is 22.8 Å². The maximum atomic E-state index is 12.3. The zero-order chi connectivity index (χ0) is 18.9. The molecule has 1 amide bonds. The second-order valence-electron chi connectivity index (χ2n) is 6.44. The Morgan fingerprint density at radius 2 is 1.58 bits per heavy atom. The Bertz CT molecular complexity index is 771. The van der Waals surface area contributed by atoms with E-state index in [4.69, 9.17) is 5.73 Å². The topological polar surface area (TPSA) is 97.5 Å². The number of carbonyl (C=O) groups excluding carboxylic acids is 2. The number of Topliss-reactive ketones (excluding diaryl/α,β-unsaturated/α-hetero) is 1. The van der Waals surface area contributed by atoms with Gasteiger partial charge in [0.25, 0.3) is 0 Å². The average Bonchev–Trinajstić information content (AvgIpc) is 2.59. The first-order chi connectivity index (χ1) is 12.4. The number of ketones is 1. The lowest BCUT2D eigenvalue weighted by Gasteiger charge is -2.11. The van der Waals surface area contributed by atoms with Crippen molar-refractivity contribution in [3.8, 4) is 0 Å². The summed E-state index contributed by atoms with van der Waals surface area (Å²) in [5.74, 6) is -2.66. The molecule has 0 saturated heterocycles. The molecule has 5 heteroatoms. The summed E-state index contributed by atoms with van der Waals surface area (Å²) in [5.41, 5.74) is 8.21. The fraction of sp³-hybridized carbons (Fsp3) is 0.286. The number of benzene rings is 2. The third kappa shape index (κ3) is 6.51. The summed E-state index contributed by atoms with van der Waals surface area (Å²) >= 11 is 0. The number of carbonyl (C=O) groups is 3. The van der Waals surface area contributed by atoms with E-state index in [1.807, 2.05) is 54.6 Å². The maximum Gasteiger partial charge on any atom is 0.306 e. The van der Waals surface area contributed by atoms with E-state index in [1.165, 1.54) is 5.56 Å². The quantitative estimate of drug-likeness (QED) is 0.686. The van der Waals surface area contributed by atoms with Gasteiger partial charge >= 0.3 is 5.97 Å². The van der Waals surface area contributed by atoms with E-state index in [0.717, 1.165) is 17.5 Å². The largest absolute Gasteiger partial charge is 0.481 e. The van der Waals surface area contributed by atoms with Crippen LogP contribution in [0.15, 0.2) is 54.6 Å². The fourth-order valence-electron chi connectivity index (χ4n) is 2.89. The highest BCUT2D eigenvalue weighted by atomic mass is 16.4. The molecule has 0 heterocycles. The number of amides is 1. The molecule has 2 aromatic carbocycles. The Morgan fingerprint density at radius 3 is 2.23 bits per heavy atom. The smallest absolute Gasteiger partial charge is 0.306 e. The van der Waals surface area contributed by atoms with Crippen molar-refractivity contribution >= 4 is 17.7 Å². The molecule has 0 unspecified atom stereocenters. The molecule has 26 heavy (non-hydrogen) atoms. The Labute approximate surface area is 152 Å². The summed E-state index contributed by atoms with van der Waals surface area (Å²) < 4.78 is 0. The zero-order valence-electron chi connectivity index (χ0n) is 14.6. The van der Waals surface area contributed by atoms with Crippen LogP contribution in [0.2, 0.25) is 0 Å². The lowest BCUT2D eigenvalue weighted by Crippen LogP contribution is -2.21. The normalized spacial score (nSPS) is 11.7. The number of primary amides is 1. The number of hydrogen-bond acceptors (Lipinski definition) is 3. The van der Waals surface area contributed by atoms with Crippen LogP contribution < -0.4 is 5.73 Å². The van der Waals surface area contributed by atoms with Gasteiger partial charge in [0.2, 0.25) is 5.91 Å². The minimum Gasteiger partial charge on any atom is -0.481 e. The predicted molar refractivity (Wildman–Crippen MR) is 98.6 cm³/mol. The van der Waals surface area contributed by atoms with Crippen molar-refractivity contribution in [1.82, 2.24) is 0 Å². The monoisotopic (exact) mass is 353 g/mol. The van der Waals surface area contributed by atoms with Crippen LogP contribution in [0.5, 0.6) is 0 Å². The van der Waals surface area contributed by atoms with E-state index < -0.39 is 17.8 Å². The Balaban J connectivity index is 1.96. The first-order valence-corrected chi connectivity index (χ1v) is 8.58. The van der Waals surface area contributed by atoms with Gasteiger partial charge in [0, 0.05) is 19.3 Å². The van der Waals surface area contributed by atoms with Gasteiger partial charge in [0.05, 0.1) is 5.92 Å². The number of carboxylic acids is 1. The van der Waals surface area contributed by atoms with Gasteiger partial charge in [-0.25, -0.2) is 0 Å². The van der Waals surface area contributed by atoms with Crippen LogP contribution in [-0.2, 0) is 27.2 Å². The summed E-state index contributed by atoms with van der Waals surface area (Å²) in [6, 6.07) is 17.8. The summed E-state index contributed by atoms with van der Waals surface area (Å²) in [4.78, 5) is 34.4. The van der Waals surface area contributed by atoms with Gasteiger partial charge in [-0.05, 0) is 29.5 Å². The fourth-order valence-corrected chi connectivity index (χ4v) is 2.89. The maximum absolute atomic E-state index is 12.3. The Hall–Kier alpha value is -2.95. The molecule has 2 aromatic rings. The van der Waals surface area contributed by atoms with Crippen LogP contribution in [0.25, 0.3) is 0 Å². The van der Waals surface area contributed by atoms with Crippen LogP contribution in [0.3, 0.4) is 0 Å². The van der Waals surface area contributed by atoms with Gasteiger partial charge < -0.3 is 10.8 Å². The lowest BCUT2D eigenvalue weighted by atomic mass is 9.93. The van der Waals surface area contributed by atoms with E-state index in [1.54, 1.807) is 0 Å². The van der Waals surface area contributed by atoms with Crippen molar-refractivity contribution in [1.29, 1.82) is 0 Å². The molecule has 1 atom stereocenters. The minimum atomic E-state index is -1.07. The van der Waals surface area contributed by atoms with E-state index in [0.29, 0.717) is 0 Å². The minimum absolute atomic E-state index is 0.0309. The standard InChI is InChI=1S/C21H23NO4/c22-20(24)10-9-18(21(25)26)14-19(23)13-17-8-4-7-16(12-17)11-15-5-2-1-3-6-15/h1-8,12,18H,9-11,13-14H2,(H2,22,24)(H,25,26)/t18-/m1/s1. The predicted octanol–water partition coefficient (Wildman–Crippen LogP) is 2.75. The van der Waals surface area contributed by atoms with E-state index >= 15 is 0 Å². The molecule has 3 N–H and O–H groups in total. The number of hydrogen-bond donors (Lipinski definition) is 2. The molecule has 0 saturated carbocycles. The van der Waals surface area contributed by atoms with Gasteiger partial charge in [0.1, 0.15) is 5.78 Å². The second kappa shape index (κ2) is 9.51. The molecule has 0 fully saturated rings. The van der Waals surface area contributed by atoms with Crippen molar-refractivity contribution < 1.29 is 19.5 Å². The highest BCUT2D eigenvalue weighted by Gasteiger charge is 2.21. The molecular formula is C21H23NO4. The van der Waals surface area contributed by atoms with Gasteiger partial charge in [-0.3, -0.25) is 14.4 Å². The Kier molecular flexibility index (Phi) is 7.09. The first kappa shape index (κ1) is 19.4. The van der Waals surface area contributed by atoms with Crippen molar-refractivity contribution in [2.75, 3.05) is 0 Å². The van der Waals surface area contributed by atoms with Crippen LogP contribution >= 0.6 is 0 Å². The molecule has 0 spiro atoms. The Morgan fingerprint density at radius 1 is 0.923 bits per heavy atom. The summed E-state index contributed by atoms with van der Waals surface area (Å²) in [6.45, 7) is 0. The highest BCUT2D eigenvalue weighted by Crippen LogP contribution is 2.16.